The first-order chi connectivity index (χ1) is 5.15. The van der Waals surface area contributed by atoms with Gasteiger partial charge in [0.05, 0.1) is 0 Å². The second kappa shape index (κ2) is 2.57. The molecule has 0 fully saturated rings. The Labute approximate surface area is 63.3 Å². The SMILES string of the molecule is [CH2]Oc1cc(O)c(O)c(O)c1. The number of hydrogen-bond acceptors (Lipinski definition) is 4. The Hall–Kier alpha value is -1.58. The molecule has 4 nitrogen and oxygen atoms in total. The van der Waals surface area contributed by atoms with Crippen LogP contribution in [0.1, 0.15) is 0 Å². The molecule has 1 aromatic carbocycles. The second-order valence-electron chi connectivity index (χ2n) is 1.95. The summed E-state index contributed by atoms with van der Waals surface area (Å²) >= 11 is 0. The lowest BCUT2D eigenvalue weighted by molar-refractivity contribution is 0.361. The molecule has 1 rings (SSSR count). The van der Waals surface area contributed by atoms with Gasteiger partial charge in [-0.2, -0.15) is 0 Å². The smallest absolute Gasteiger partial charge is 0.200 e. The summed E-state index contributed by atoms with van der Waals surface area (Å²) in [5, 5.41) is 26.6. The molecule has 0 aliphatic carbocycles. The van der Waals surface area contributed by atoms with Crippen LogP contribution in [-0.2, 0) is 0 Å². The van der Waals surface area contributed by atoms with Crippen molar-refractivity contribution in [2.75, 3.05) is 0 Å². The average molecular weight is 155 g/mol. The molecular weight excluding hydrogens is 148 g/mol. The summed E-state index contributed by atoms with van der Waals surface area (Å²) < 4.78 is 4.45. The van der Waals surface area contributed by atoms with E-state index < -0.39 is 17.2 Å². The molecule has 0 aromatic heterocycles. The van der Waals surface area contributed by atoms with Gasteiger partial charge in [0, 0.05) is 12.1 Å². The molecule has 0 saturated heterocycles. The highest BCUT2D eigenvalue weighted by atomic mass is 16.5. The highest BCUT2D eigenvalue weighted by Crippen LogP contribution is 2.37. The lowest BCUT2D eigenvalue weighted by Gasteiger charge is -2.03. The number of benzene rings is 1. The molecule has 0 bridgehead atoms. The molecule has 0 aliphatic heterocycles. The van der Waals surface area contributed by atoms with Crippen molar-refractivity contribution in [3.8, 4) is 23.0 Å². The van der Waals surface area contributed by atoms with Gasteiger partial charge in [-0.1, -0.05) is 0 Å². The van der Waals surface area contributed by atoms with E-state index in [9.17, 15) is 0 Å². The number of rotatable bonds is 1. The van der Waals surface area contributed by atoms with Crippen molar-refractivity contribution in [2.45, 2.75) is 0 Å². The summed E-state index contributed by atoms with van der Waals surface area (Å²) in [5.41, 5.74) is 0. The zero-order valence-corrected chi connectivity index (χ0v) is 5.61. The minimum Gasteiger partial charge on any atom is -0.504 e. The van der Waals surface area contributed by atoms with E-state index in [1.807, 2.05) is 0 Å². The molecule has 0 heterocycles. The molecule has 0 spiro atoms. The van der Waals surface area contributed by atoms with Gasteiger partial charge >= 0.3 is 0 Å². The Bertz CT molecular complexity index is 246. The quantitative estimate of drug-likeness (QED) is 0.528. The van der Waals surface area contributed by atoms with Crippen LogP contribution in [0.3, 0.4) is 0 Å². The minimum atomic E-state index is -0.564. The third-order valence-electron chi connectivity index (χ3n) is 1.21. The summed E-state index contributed by atoms with van der Waals surface area (Å²) in [6, 6.07) is 2.28. The van der Waals surface area contributed by atoms with E-state index in [4.69, 9.17) is 15.3 Å². The van der Waals surface area contributed by atoms with Gasteiger partial charge < -0.3 is 20.1 Å². The van der Waals surface area contributed by atoms with Gasteiger partial charge in [0.2, 0.25) is 5.75 Å². The van der Waals surface area contributed by atoms with Crippen molar-refractivity contribution in [1.82, 2.24) is 0 Å². The van der Waals surface area contributed by atoms with Crippen LogP contribution in [0.25, 0.3) is 0 Å². The molecule has 59 valence electrons. The maximum atomic E-state index is 8.89. The first-order valence-electron chi connectivity index (χ1n) is 2.82. The fraction of sp³-hybridized carbons (Fsp3) is 0. The molecule has 0 saturated carbocycles. The molecule has 0 atom stereocenters. The van der Waals surface area contributed by atoms with Gasteiger partial charge in [-0.15, -0.1) is 0 Å². The first-order valence-corrected chi connectivity index (χ1v) is 2.82. The number of aromatic hydroxyl groups is 3. The number of hydrogen-bond donors (Lipinski definition) is 3. The highest BCUT2D eigenvalue weighted by Gasteiger charge is 2.07. The Balaban J connectivity index is 3.21. The van der Waals surface area contributed by atoms with Gasteiger partial charge in [0.1, 0.15) is 12.9 Å². The topological polar surface area (TPSA) is 69.9 Å². The minimum absolute atomic E-state index is 0.179. The zero-order chi connectivity index (χ0) is 8.43. The lowest BCUT2D eigenvalue weighted by Crippen LogP contribution is -1.79. The largest absolute Gasteiger partial charge is 0.504 e. The third-order valence-corrected chi connectivity index (χ3v) is 1.21. The van der Waals surface area contributed by atoms with Crippen LogP contribution >= 0.6 is 0 Å². The highest BCUT2D eigenvalue weighted by molar-refractivity contribution is 5.53. The van der Waals surface area contributed by atoms with Crippen molar-refractivity contribution in [1.29, 1.82) is 0 Å². The maximum Gasteiger partial charge on any atom is 0.200 e. The monoisotopic (exact) mass is 155 g/mol. The summed E-state index contributed by atoms with van der Waals surface area (Å²) in [4.78, 5) is 0. The predicted molar refractivity (Wildman–Crippen MR) is 37.4 cm³/mol. The molecule has 3 N–H and O–H groups in total. The van der Waals surface area contributed by atoms with Crippen LogP contribution in [0, 0.1) is 7.11 Å². The lowest BCUT2D eigenvalue weighted by atomic mass is 10.3. The standard InChI is InChI=1S/C7H7O4/c1-11-4-2-5(8)7(10)6(9)3-4/h2-3,8-10H,1H2. The van der Waals surface area contributed by atoms with Crippen LogP contribution in [0.15, 0.2) is 12.1 Å². The number of phenolic OH excluding ortho intramolecular Hbond substituents is 3. The van der Waals surface area contributed by atoms with Crippen LogP contribution in [0.5, 0.6) is 23.0 Å². The van der Waals surface area contributed by atoms with Gasteiger partial charge in [0.15, 0.2) is 11.5 Å². The van der Waals surface area contributed by atoms with Crippen LogP contribution < -0.4 is 4.74 Å². The van der Waals surface area contributed by atoms with E-state index in [2.05, 4.69) is 11.8 Å². The molecule has 1 aromatic rings. The molecule has 4 heteroatoms. The summed E-state index contributed by atoms with van der Waals surface area (Å²) in [6.07, 6.45) is 0. The average Bonchev–Trinajstić information content (AvgIpc) is 1.99. The van der Waals surface area contributed by atoms with E-state index in [1.165, 1.54) is 0 Å². The van der Waals surface area contributed by atoms with Crippen molar-refractivity contribution >= 4 is 0 Å². The Morgan fingerprint density at radius 2 is 1.55 bits per heavy atom. The van der Waals surface area contributed by atoms with E-state index in [1.54, 1.807) is 0 Å². The Morgan fingerprint density at radius 3 is 1.91 bits per heavy atom. The summed E-state index contributed by atoms with van der Waals surface area (Å²) in [6.45, 7) is 0. The van der Waals surface area contributed by atoms with Gasteiger partial charge in [-0.3, -0.25) is 0 Å². The molecule has 11 heavy (non-hydrogen) atoms. The van der Waals surface area contributed by atoms with Crippen LogP contribution in [0.2, 0.25) is 0 Å². The van der Waals surface area contributed by atoms with Gasteiger partial charge in [0.25, 0.3) is 0 Å². The fourth-order valence-electron chi connectivity index (χ4n) is 0.662. The maximum absolute atomic E-state index is 8.89. The third kappa shape index (κ3) is 1.29. The van der Waals surface area contributed by atoms with E-state index in [-0.39, 0.29) is 5.75 Å². The molecule has 0 aliphatic rings. The van der Waals surface area contributed by atoms with E-state index in [0.717, 1.165) is 12.1 Å². The van der Waals surface area contributed by atoms with E-state index >= 15 is 0 Å². The van der Waals surface area contributed by atoms with Crippen molar-refractivity contribution in [2.24, 2.45) is 0 Å². The summed E-state index contributed by atoms with van der Waals surface area (Å²) in [7, 11) is 3.06. The van der Waals surface area contributed by atoms with Crippen molar-refractivity contribution < 1.29 is 20.1 Å². The van der Waals surface area contributed by atoms with Crippen molar-refractivity contribution in [3.05, 3.63) is 19.2 Å². The van der Waals surface area contributed by atoms with Crippen molar-refractivity contribution in [3.63, 3.8) is 0 Å². The second-order valence-corrected chi connectivity index (χ2v) is 1.95. The molecule has 0 unspecified atom stereocenters. The van der Waals surface area contributed by atoms with E-state index in [0.29, 0.717) is 0 Å². The molecular formula is C7H7O4. The number of phenols is 3. The van der Waals surface area contributed by atoms with Crippen LogP contribution in [-0.4, -0.2) is 15.3 Å². The van der Waals surface area contributed by atoms with Gasteiger partial charge in [-0.05, 0) is 0 Å². The first kappa shape index (κ1) is 7.53. The Kier molecular flexibility index (Phi) is 1.76. The van der Waals surface area contributed by atoms with Crippen LogP contribution in [0.4, 0.5) is 0 Å². The summed E-state index contributed by atoms with van der Waals surface area (Å²) in [5.74, 6) is -1.27. The fourth-order valence-corrected chi connectivity index (χ4v) is 0.662. The number of ether oxygens (including phenoxy) is 1. The molecule has 1 radical (unpaired) electrons. The normalized spacial score (nSPS) is 9.55. The Morgan fingerprint density at radius 1 is 1.09 bits per heavy atom. The zero-order valence-electron chi connectivity index (χ0n) is 5.61. The molecule has 0 amide bonds. The van der Waals surface area contributed by atoms with Gasteiger partial charge in [-0.25, -0.2) is 0 Å². The predicted octanol–water partition coefficient (Wildman–Crippen LogP) is 0.974.